The molecule has 0 spiro atoms. The number of carbonyl (C=O) groups excluding carboxylic acids is 3. The first-order valence-corrected chi connectivity index (χ1v) is 9.53. The van der Waals surface area contributed by atoms with Gasteiger partial charge >= 0.3 is 0 Å². The van der Waals surface area contributed by atoms with E-state index < -0.39 is 0 Å². The van der Waals surface area contributed by atoms with Gasteiger partial charge in [-0.25, -0.2) is 0 Å². The van der Waals surface area contributed by atoms with E-state index in [1.165, 1.54) is 4.90 Å². The van der Waals surface area contributed by atoms with Gasteiger partial charge in [-0.3, -0.25) is 19.3 Å². The lowest BCUT2D eigenvalue weighted by Crippen LogP contribution is -2.32. The minimum Gasteiger partial charge on any atom is -0.348 e. The molecular weight excluding hydrogens is 352 g/mol. The van der Waals surface area contributed by atoms with Gasteiger partial charge in [0.15, 0.2) is 0 Å². The summed E-state index contributed by atoms with van der Waals surface area (Å²) in [6.45, 7) is 2.38. The molecule has 1 aliphatic carbocycles. The summed E-state index contributed by atoms with van der Waals surface area (Å²) in [7, 11) is 0. The van der Waals surface area contributed by atoms with Crippen LogP contribution in [0.4, 0.5) is 5.69 Å². The molecule has 5 heteroatoms. The van der Waals surface area contributed by atoms with E-state index in [-0.39, 0.29) is 35.5 Å². The van der Waals surface area contributed by atoms with E-state index in [0.29, 0.717) is 24.2 Å². The number of imide groups is 1. The van der Waals surface area contributed by atoms with Crippen molar-refractivity contribution in [3.05, 3.63) is 77.9 Å². The van der Waals surface area contributed by atoms with E-state index in [1.54, 1.807) is 24.3 Å². The molecule has 0 unspecified atom stereocenters. The lowest BCUT2D eigenvalue weighted by atomic mass is 9.78. The van der Waals surface area contributed by atoms with E-state index in [9.17, 15) is 14.4 Å². The molecule has 2 aromatic carbocycles. The van der Waals surface area contributed by atoms with Gasteiger partial charge in [0, 0.05) is 12.1 Å². The maximum atomic E-state index is 12.9. The van der Waals surface area contributed by atoms with Crippen LogP contribution < -0.4 is 10.2 Å². The van der Waals surface area contributed by atoms with E-state index in [1.807, 2.05) is 49.4 Å². The number of fused-ring (bicyclic) bond motifs is 1. The zero-order valence-electron chi connectivity index (χ0n) is 15.7. The van der Waals surface area contributed by atoms with Crippen molar-refractivity contribution in [2.45, 2.75) is 19.9 Å². The average molecular weight is 374 g/mol. The predicted octanol–water partition coefficient (Wildman–Crippen LogP) is 3.32. The molecule has 2 aromatic rings. The van der Waals surface area contributed by atoms with E-state index >= 15 is 0 Å². The fourth-order valence-corrected chi connectivity index (χ4v) is 4.07. The molecule has 3 atom stereocenters. The topological polar surface area (TPSA) is 66.5 Å². The smallest absolute Gasteiger partial charge is 0.251 e. The van der Waals surface area contributed by atoms with Crippen molar-refractivity contribution in [3.63, 3.8) is 0 Å². The van der Waals surface area contributed by atoms with Gasteiger partial charge in [0.1, 0.15) is 0 Å². The molecule has 2 aliphatic rings. The Hall–Kier alpha value is -3.21. The molecule has 0 aromatic heterocycles. The first-order valence-electron chi connectivity index (χ1n) is 9.53. The molecule has 3 amide bonds. The van der Waals surface area contributed by atoms with Gasteiger partial charge in [-0.05, 0) is 36.1 Å². The van der Waals surface area contributed by atoms with Crippen molar-refractivity contribution in [1.82, 2.24) is 5.32 Å². The molecule has 0 bridgehead atoms. The van der Waals surface area contributed by atoms with Crippen LogP contribution in [0.2, 0.25) is 0 Å². The molecule has 1 saturated heterocycles. The molecule has 1 heterocycles. The van der Waals surface area contributed by atoms with Crippen LogP contribution in [0.25, 0.3) is 0 Å². The Morgan fingerprint density at radius 2 is 1.86 bits per heavy atom. The lowest BCUT2D eigenvalue weighted by molar-refractivity contribution is -0.122. The number of anilines is 1. The number of nitrogens with zero attached hydrogens (tertiary/aromatic N) is 1. The molecule has 0 saturated carbocycles. The molecule has 1 aliphatic heterocycles. The third-order valence-corrected chi connectivity index (χ3v) is 5.54. The summed E-state index contributed by atoms with van der Waals surface area (Å²) in [5.41, 5.74) is 1.89. The average Bonchev–Trinajstić information content (AvgIpc) is 2.98. The predicted molar refractivity (Wildman–Crippen MR) is 106 cm³/mol. The molecule has 0 radical (unpaired) electrons. The van der Waals surface area contributed by atoms with Crippen molar-refractivity contribution in [2.24, 2.45) is 17.8 Å². The fraction of sp³-hybridized carbons (Fsp3) is 0.261. The van der Waals surface area contributed by atoms with Gasteiger partial charge in [-0.15, -0.1) is 0 Å². The zero-order valence-corrected chi connectivity index (χ0v) is 15.7. The number of carbonyl (C=O) groups is 3. The summed E-state index contributed by atoms with van der Waals surface area (Å²) < 4.78 is 0. The fourth-order valence-electron chi connectivity index (χ4n) is 4.07. The highest BCUT2D eigenvalue weighted by Gasteiger charge is 2.50. The van der Waals surface area contributed by atoms with Gasteiger partial charge in [-0.2, -0.15) is 0 Å². The van der Waals surface area contributed by atoms with E-state index in [4.69, 9.17) is 0 Å². The summed E-state index contributed by atoms with van der Waals surface area (Å²) in [5.74, 6) is -1.16. The number of benzene rings is 2. The molecule has 28 heavy (non-hydrogen) atoms. The summed E-state index contributed by atoms with van der Waals surface area (Å²) >= 11 is 0. The maximum Gasteiger partial charge on any atom is 0.251 e. The second kappa shape index (κ2) is 7.43. The zero-order chi connectivity index (χ0) is 19.7. The normalized spacial score (nSPS) is 23.6. The highest BCUT2D eigenvalue weighted by Crippen LogP contribution is 2.40. The first-order chi connectivity index (χ1) is 13.6. The third-order valence-electron chi connectivity index (χ3n) is 5.54. The number of allylic oxidation sites excluding steroid dienone is 2. The van der Waals surface area contributed by atoms with Gasteiger partial charge < -0.3 is 5.32 Å². The van der Waals surface area contributed by atoms with Crippen molar-refractivity contribution >= 4 is 23.4 Å². The van der Waals surface area contributed by atoms with Gasteiger partial charge in [0.05, 0.1) is 17.5 Å². The van der Waals surface area contributed by atoms with Crippen molar-refractivity contribution in [1.29, 1.82) is 0 Å². The highest BCUT2D eigenvalue weighted by atomic mass is 16.2. The van der Waals surface area contributed by atoms with E-state index in [2.05, 4.69) is 5.32 Å². The monoisotopic (exact) mass is 374 g/mol. The first kappa shape index (κ1) is 18.2. The molecular formula is C23H22N2O3. The van der Waals surface area contributed by atoms with Crippen LogP contribution in [-0.4, -0.2) is 17.7 Å². The largest absolute Gasteiger partial charge is 0.348 e. The summed E-state index contributed by atoms with van der Waals surface area (Å²) in [6, 6.07) is 16.4. The number of rotatable bonds is 4. The van der Waals surface area contributed by atoms with Crippen LogP contribution in [0, 0.1) is 17.8 Å². The number of hydrogen-bond acceptors (Lipinski definition) is 3. The quantitative estimate of drug-likeness (QED) is 0.659. The standard InChI is InChI=1S/C23H22N2O3/c1-15-7-5-12-19-20(15)23(28)25(22(19)27)18-11-6-10-17(13-18)21(26)24-14-16-8-3-2-4-9-16/h2-11,13,15,19-20H,12,14H2,1H3,(H,24,26)/t15-,19-,20-/m1/s1. The maximum absolute atomic E-state index is 12.9. The van der Waals surface area contributed by atoms with Crippen LogP contribution in [-0.2, 0) is 16.1 Å². The minimum atomic E-state index is -0.312. The van der Waals surface area contributed by atoms with Crippen LogP contribution in [0.5, 0.6) is 0 Å². The lowest BCUT2D eigenvalue weighted by Gasteiger charge is -2.22. The molecule has 5 nitrogen and oxygen atoms in total. The Morgan fingerprint density at radius 1 is 1.07 bits per heavy atom. The number of amides is 3. The van der Waals surface area contributed by atoms with Crippen LogP contribution in [0.1, 0.15) is 29.3 Å². The third kappa shape index (κ3) is 3.24. The Morgan fingerprint density at radius 3 is 2.61 bits per heavy atom. The Kier molecular flexibility index (Phi) is 4.82. The van der Waals surface area contributed by atoms with E-state index in [0.717, 1.165) is 5.56 Å². The van der Waals surface area contributed by atoms with Gasteiger partial charge in [0.25, 0.3) is 5.91 Å². The summed E-state index contributed by atoms with van der Waals surface area (Å²) in [4.78, 5) is 39.6. The number of nitrogens with one attached hydrogen (secondary N) is 1. The molecule has 142 valence electrons. The van der Waals surface area contributed by atoms with Gasteiger partial charge in [-0.1, -0.05) is 55.5 Å². The number of hydrogen-bond donors (Lipinski definition) is 1. The minimum absolute atomic E-state index is 0.0394. The second-order valence-electron chi connectivity index (χ2n) is 7.39. The summed E-state index contributed by atoms with van der Waals surface area (Å²) in [6.07, 6.45) is 4.57. The van der Waals surface area contributed by atoms with Crippen LogP contribution in [0.3, 0.4) is 0 Å². The van der Waals surface area contributed by atoms with Crippen molar-refractivity contribution < 1.29 is 14.4 Å². The van der Waals surface area contributed by atoms with Crippen molar-refractivity contribution in [3.8, 4) is 0 Å². The highest BCUT2D eigenvalue weighted by molar-refractivity contribution is 6.22. The van der Waals surface area contributed by atoms with Crippen LogP contribution in [0.15, 0.2) is 66.7 Å². The Labute approximate surface area is 164 Å². The Balaban J connectivity index is 1.53. The second-order valence-corrected chi connectivity index (χ2v) is 7.39. The van der Waals surface area contributed by atoms with Crippen LogP contribution >= 0.6 is 0 Å². The molecule has 1 N–H and O–H groups in total. The molecule has 1 fully saturated rings. The molecule has 4 rings (SSSR count). The Bertz CT molecular complexity index is 951. The summed E-state index contributed by atoms with van der Waals surface area (Å²) in [5, 5.41) is 2.88. The van der Waals surface area contributed by atoms with Crippen molar-refractivity contribution in [2.75, 3.05) is 4.90 Å². The SMILES string of the molecule is C[C@@H]1C=CC[C@H]2C(=O)N(c3cccc(C(=O)NCc4ccccc4)c3)C(=O)[C@H]12. The van der Waals surface area contributed by atoms with Gasteiger partial charge in [0.2, 0.25) is 11.8 Å².